The normalized spacial score (nSPS) is 10.7. The molecule has 0 fully saturated rings. The largest absolute Gasteiger partial charge is 0.497 e. The highest BCUT2D eigenvalue weighted by atomic mass is 19.3. The van der Waals surface area contributed by atoms with E-state index in [1.807, 2.05) is 0 Å². The molecule has 2 aromatic rings. The van der Waals surface area contributed by atoms with Crippen molar-refractivity contribution in [3.63, 3.8) is 0 Å². The van der Waals surface area contributed by atoms with Gasteiger partial charge in [-0.2, -0.15) is 8.78 Å². The first-order chi connectivity index (χ1) is 10.1. The Morgan fingerprint density at radius 2 is 1.57 bits per heavy atom. The fourth-order valence-corrected chi connectivity index (χ4v) is 1.79. The Kier molecular flexibility index (Phi) is 4.82. The maximum Gasteiger partial charge on any atom is 0.278 e. The number of halogens is 3. The molecule has 1 nitrogen and oxygen atoms in total. The van der Waals surface area contributed by atoms with Gasteiger partial charge in [0.05, 0.1) is 7.11 Å². The second kappa shape index (κ2) is 6.79. The fourth-order valence-electron chi connectivity index (χ4n) is 1.79. The zero-order chi connectivity index (χ0) is 15.2. The van der Waals surface area contributed by atoms with Gasteiger partial charge < -0.3 is 4.74 Å². The van der Waals surface area contributed by atoms with Crippen molar-refractivity contribution in [3.8, 4) is 5.75 Å². The first-order valence-electron chi connectivity index (χ1n) is 6.23. The molecule has 2 rings (SSSR count). The van der Waals surface area contributed by atoms with Gasteiger partial charge in [0.25, 0.3) is 6.08 Å². The van der Waals surface area contributed by atoms with E-state index in [4.69, 9.17) is 4.74 Å². The van der Waals surface area contributed by atoms with Crippen molar-refractivity contribution >= 4 is 11.6 Å². The smallest absolute Gasteiger partial charge is 0.278 e. The van der Waals surface area contributed by atoms with Crippen molar-refractivity contribution in [2.45, 2.75) is 0 Å². The quantitative estimate of drug-likeness (QED) is 0.707. The summed E-state index contributed by atoms with van der Waals surface area (Å²) in [7, 11) is 1.51. The molecule has 0 saturated heterocycles. The maximum absolute atomic E-state index is 13.1. The van der Waals surface area contributed by atoms with Crippen LogP contribution >= 0.6 is 0 Å². The molecule has 108 valence electrons. The summed E-state index contributed by atoms with van der Waals surface area (Å²) in [6, 6.07) is 11.9. The summed E-state index contributed by atoms with van der Waals surface area (Å²) in [4.78, 5) is 0. The third-order valence-electron chi connectivity index (χ3n) is 2.92. The van der Waals surface area contributed by atoms with Crippen molar-refractivity contribution in [1.29, 1.82) is 0 Å². The minimum absolute atomic E-state index is 0.179. The minimum Gasteiger partial charge on any atom is -0.497 e. The van der Waals surface area contributed by atoms with Crippen LogP contribution in [0.3, 0.4) is 0 Å². The third kappa shape index (κ3) is 3.99. The number of benzene rings is 2. The highest BCUT2D eigenvalue weighted by molar-refractivity contribution is 5.79. The molecule has 0 spiro atoms. The monoisotopic (exact) mass is 290 g/mol. The van der Waals surface area contributed by atoms with Crippen LogP contribution < -0.4 is 4.74 Å². The number of allylic oxidation sites excluding steroid dienone is 2. The maximum atomic E-state index is 13.1. The standard InChI is InChI=1S/C17H13F3O/c1-21-15-9-5-13(6-10-15)16(17(19)20)11-4-12-2-7-14(18)8-3-12/h2-11H,1H3/b11-4+. The number of rotatable bonds is 4. The zero-order valence-corrected chi connectivity index (χ0v) is 11.3. The van der Waals surface area contributed by atoms with Crippen molar-refractivity contribution in [2.75, 3.05) is 7.11 Å². The summed E-state index contributed by atoms with van der Waals surface area (Å²) < 4.78 is 43.9. The topological polar surface area (TPSA) is 9.23 Å². The van der Waals surface area contributed by atoms with E-state index in [0.29, 0.717) is 16.9 Å². The molecule has 0 N–H and O–H groups in total. The lowest BCUT2D eigenvalue weighted by molar-refractivity contribution is 0.414. The summed E-state index contributed by atoms with van der Waals surface area (Å²) in [6.07, 6.45) is 1.04. The van der Waals surface area contributed by atoms with Crippen molar-refractivity contribution in [2.24, 2.45) is 0 Å². The average molecular weight is 290 g/mol. The molecule has 0 aromatic heterocycles. The van der Waals surface area contributed by atoms with E-state index in [-0.39, 0.29) is 11.4 Å². The molecule has 0 aliphatic carbocycles. The van der Waals surface area contributed by atoms with Crippen LogP contribution in [0.25, 0.3) is 11.6 Å². The summed E-state index contributed by atoms with van der Waals surface area (Å²) in [5.74, 6) is 0.231. The Labute approximate surface area is 121 Å². The van der Waals surface area contributed by atoms with Crippen LogP contribution in [0.2, 0.25) is 0 Å². The zero-order valence-electron chi connectivity index (χ0n) is 11.3. The van der Waals surface area contributed by atoms with Crippen LogP contribution in [0.1, 0.15) is 11.1 Å². The molecular weight excluding hydrogens is 277 g/mol. The number of hydrogen-bond acceptors (Lipinski definition) is 1. The second-order valence-corrected chi connectivity index (χ2v) is 4.29. The van der Waals surface area contributed by atoms with Gasteiger partial charge in [0.1, 0.15) is 11.6 Å². The number of methoxy groups -OCH3 is 1. The van der Waals surface area contributed by atoms with Gasteiger partial charge in [-0.3, -0.25) is 0 Å². The summed E-state index contributed by atoms with van der Waals surface area (Å²) in [5.41, 5.74) is 0.847. The number of ether oxygens (including phenoxy) is 1. The summed E-state index contributed by atoms with van der Waals surface area (Å²) >= 11 is 0. The molecule has 0 atom stereocenters. The van der Waals surface area contributed by atoms with E-state index in [1.165, 1.54) is 43.5 Å². The molecule has 2 aromatic carbocycles. The Balaban J connectivity index is 2.27. The first-order valence-corrected chi connectivity index (χ1v) is 6.23. The predicted molar refractivity (Wildman–Crippen MR) is 77.6 cm³/mol. The van der Waals surface area contributed by atoms with E-state index in [0.717, 1.165) is 0 Å². The lowest BCUT2D eigenvalue weighted by Gasteiger charge is -2.04. The molecule has 0 amide bonds. The van der Waals surface area contributed by atoms with Crippen LogP contribution in [-0.4, -0.2) is 7.11 Å². The van der Waals surface area contributed by atoms with Gasteiger partial charge in [-0.25, -0.2) is 4.39 Å². The Morgan fingerprint density at radius 1 is 0.952 bits per heavy atom. The van der Waals surface area contributed by atoms with Crippen LogP contribution in [0.15, 0.2) is 60.7 Å². The predicted octanol–water partition coefficient (Wildman–Crippen LogP) is 5.16. The van der Waals surface area contributed by atoms with Gasteiger partial charge in [0.2, 0.25) is 0 Å². The van der Waals surface area contributed by atoms with Gasteiger partial charge in [0.15, 0.2) is 0 Å². The van der Waals surface area contributed by atoms with Crippen LogP contribution in [0, 0.1) is 5.82 Å². The van der Waals surface area contributed by atoms with Gasteiger partial charge in [-0.05, 0) is 41.5 Å². The van der Waals surface area contributed by atoms with E-state index >= 15 is 0 Å². The van der Waals surface area contributed by atoms with Gasteiger partial charge >= 0.3 is 0 Å². The fraction of sp³-hybridized carbons (Fsp3) is 0.0588. The van der Waals surface area contributed by atoms with Crippen molar-refractivity contribution < 1.29 is 17.9 Å². The highest BCUT2D eigenvalue weighted by Crippen LogP contribution is 2.25. The summed E-state index contributed by atoms with van der Waals surface area (Å²) in [6.45, 7) is 0. The molecule has 4 heteroatoms. The molecule has 0 aliphatic rings. The molecule has 21 heavy (non-hydrogen) atoms. The molecular formula is C17H13F3O. The first kappa shape index (κ1) is 14.9. The lowest BCUT2D eigenvalue weighted by Crippen LogP contribution is -1.86. The Hall–Kier alpha value is -2.49. The Morgan fingerprint density at radius 3 is 2.10 bits per heavy atom. The molecule has 0 aliphatic heterocycles. The molecule has 0 bridgehead atoms. The lowest BCUT2D eigenvalue weighted by atomic mass is 10.1. The van der Waals surface area contributed by atoms with Crippen molar-refractivity contribution in [3.05, 3.63) is 77.6 Å². The van der Waals surface area contributed by atoms with Crippen LogP contribution in [0.5, 0.6) is 5.75 Å². The molecule has 0 unspecified atom stereocenters. The average Bonchev–Trinajstić information content (AvgIpc) is 2.49. The number of hydrogen-bond donors (Lipinski definition) is 0. The van der Waals surface area contributed by atoms with Gasteiger partial charge in [0, 0.05) is 5.57 Å². The van der Waals surface area contributed by atoms with E-state index in [1.54, 1.807) is 24.3 Å². The summed E-state index contributed by atoms with van der Waals surface area (Å²) in [5, 5.41) is 0. The third-order valence-corrected chi connectivity index (χ3v) is 2.92. The van der Waals surface area contributed by atoms with Crippen LogP contribution in [0.4, 0.5) is 13.2 Å². The minimum atomic E-state index is -1.78. The van der Waals surface area contributed by atoms with Gasteiger partial charge in [-0.1, -0.05) is 30.3 Å². The highest BCUT2D eigenvalue weighted by Gasteiger charge is 2.06. The second-order valence-electron chi connectivity index (χ2n) is 4.29. The van der Waals surface area contributed by atoms with Crippen molar-refractivity contribution in [1.82, 2.24) is 0 Å². The van der Waals surface area contributed by atoms with Gasteiger partial charge in [-0.15, -0.1) is 0 Å². The molecule has 0 saturated carbocycles. The SMILES string of the molecule is COc1ccc(C(/C=C/c2ccc(F)cc2)=C(F)F)cc1. The van der Waals surface area contributed by atoms with E-state index in [2.05, 4.69) is 0 Å². The van der Waals surface area contributed by atoms with Crippen LogP contribution in [-0.2, 0) is 0 Å². The molecule has 0 radical (unpaired) electrons. The molecule has 0 heterocycles. The Bertz CT molecular complexity index is 651. The van der Waals surface area contributed by atoms with E-state index in [9.17, 15) is 13.2 Å². The van der Waals surface area contributed by atoms with E-state index < -0.39 is 6.08 Å².